The highest BCUT2D eigenvalue weighted by Crippen LogP contribution is 2.22. The molecule has 22 heavy (non-hydrogen) atoms. The Labute approximate surface area is 134 Å². The quantitative estimate of drug-likeness (QED) is 0.668. The maximum absolute atomic E-state index is 4.71. The number of hydrogen-bond acceptors (Lipinski definition) is 1. The van der Waals surface area contributed by atoms with Gasteiger partial charge in [0, 0.05) is 11.6 Å². The number of rotatable bonds is 3. The summed E-state index contributed by atoms with van der Waals surface area (Å²) in [5.41, 5.74) is 1.21. The largest absolute Gasteiger partial charge is 0.256 e. The van der Waals surface area contributed by atoms with Crippen LogP contribution in [0.5, 0.6) is 0 Å². The van der Waals surface area contributed by atoms with Crippen molar-refractivity contribution in [2.45, 2.75) is 26.2 Å². The van der Waals surface area contributed by atoms with Crippen molar-refractivity contribution in [3.63, 3.8) is 0 Å². The minimum Gasteiger partial charge on any atom is -0.256 e. The molecule has 2 aromatic carbocycles. The molecule has 1 aromatic heterocycles. The van der Waals surface area contributed by atoms with Crippen LogP contribution in [0.15, 0.2) is 66.9 Å². The first-order valence-electron chi connectivity index (χ1n) is 7.84. The molecule has 0 aliphatic carbocycles. The molecule has 0 amide bonds. The molecule has 0 unspecified atom stereocenters. The fourth-order valence-corrected chi connectivity index (χ4v) is 12.2. The first-order chi connectivity index (χ1) is 10.4. The molecule has 0 radical (unpaired) electrons. The molecule has 0 N–H and O–H groups in total. The molecular formula is C19H23NSi2. The van der Waals surface area contributed by atoms with Gasteiger partial charge in [-0.2, -0.15) is 0 Å². The van der Waals surface area contributed by atoms with E-state index in [-0.39, 0.29) is 0 Å². The van der Waals surface area contributed by atoms with Gasteiger partial charge in [0.05, 0.1) is 20.7 Å². The maximum Gasteiger partial charge on any atom is 0.0819 e. The van der Waals surface area contributed by atoms with Gasteiger partial charge >= 0.3 is 0 Å². The van der Waals surface area contributed by atoms with Crippen LogP contribution in [0.25, 0.3) is 10.9 Å². The maximum atomic E-state index is 4.71. The molecular weight excluding hydrogens is 298 g/mol. The van der Waals surface area contributed by atoms with Gasteiger partial charge in [-0.15, -0.1) is 0 Å². The molecule has 3 aromatic rings. The van der Waals surface area contributed by atoms with Gasteiger partial charge in [0.15, 0.2) is 0 Å². The van der Waals surface area contributed by atoms with Crippen molar-refractivity contribution in [1.82, 2.24) is 4.98 Å². The van der Waals surface area contributed by atoms with Crippen LogP contribution in [-0.4, -0.2) is 20.2 Å². The Hall–Kier alpha value is -1.72. The SMILES string of the molecule is C[Si](C)(c1ccccc1)[Si](C)(C)c1cccc2cccnc12. The van der Waals surface area contributed by atoms with Gasteiger partial charge in [0.1, 0.15) is 0 Å². The summed E-state index contributed by atoms with van der Waals surface area (Å²) in [7, 11) is -3.20. The predicted octanol–water partition coefficient (Wildman–Crippen LogP) is 3.84. The lowest BCUT2D eigenvalue weighted by Crippen LogP contribution is -2.69. The van der Waals surface area contributed by atoms with Crippen molar-refractivity contribution >= 4 is 36.5 Å². The summed E-state index contributed by atoms with van der Waals surface area (Å²) < 4.78 is 0. The molecule has 1 heterocycles. The normalized spacial score (nSPS) is 12.5. The van der Waals surface area contributed by atoms with Gasteiger partial charge in [0.2, 0.25) is 0 Å². The standard InChI is InChI=1S/C19H23NSi2/c1-21(2,17-12-6-5-7-13-17)22(3,4)18-14-8-10-16-11-9-15-20-19(16)18/h5-15H,1-4H3. The van der Waals surface area contributed by atoms with Gasteiger partial charge in [-0.25, -0.2) is 0 Å². The monoisotopic (exact) mass is 321 g/mol. The second-order valence-corrected chi connectivity index (χ2v) is 22.1. The third kappa shape index (κ3) is 2.34. The Morgan fingerprint density at radius 1 is 0.682 bits per heavy atom. The summed E-state index contributed by atoms with van der Waals surface area (Å²) in [6.45, 7) is 10.1. The number of para-hydroxylation sites is 1. The van der Waals surface area contributed by atoms with Crippen molar-refractivity contribution in [3.05, 3.63) is 66.9 Å². The first-order valence-corrected chi connectivity index (χ1v) is 14.8. The van der Waals surface area contributed by atoms with Gasteiger partial charge in [0.25, 0.3) is 0 Å². The molecule has 0 aliphatic heterocycles. The zero-order chi connectivity index (χ0) is 15.8. The third-order valence-corrected chi connectivity index (χ3v) is 23.1. The zero-order valence-corrected chi connectivity index (χ0v) is 15.8. The van der Waals surface area contributed by atoms with Crippen LogP contribution in [0.1, 0.15) is 0 Å². The molecule has 0 fully saturated rings. The van der Waals surface area contributed by atoms with Crippen LogP contribution in [-0.2, 0) is 0 Å². The van der Waals surface area contributed by atoms with Crippen LogP contribution in [0.4, 0.5) is 0 Å². The average Bonchev–Trinajstić information content (AvgIpc) is 2.55. The highest BCUT2D eigenvalue weighted by atomic mass is 29.3. The lowest BCUT2D eigenvalue weighted by molar-refractivity contribution is 1.42. The Balaban J connectivity index is 2.20. The van der Waals surface area contributed by atoms with Crippen LogP contribution in [0.2, 0.25) is 26.2 Å². The molecule has 0 atom stereocenters. The fraction of sp³-hybridized carbons (Fsp3) is 0.211. The fourth-order valence-electron chi connectivity index (χ4n) is 3.16. The first kappa shape index (κ1) is 15.2. The minimum absolute atomic E-state index is 1.21. The zero-order valence-electron chi connectivity index (χ0n) is 13.8. The number of pyridine rings is 1. The number of hydrogen-bond donors (Lipinski definition) is 0. The van der Waals surface area contributed by atoms with Gasteiger partial charge in [-0.05, 0) is 11.3 Å². The molecule has 3 rings (SSSR count). The van der Waals surface area contributed by atoms with Gasteiger partial charge in [-0.1, -0.05) is 86.0 Å². The molecule has 0 saturated carbocycles. The van der Waals surface area contributed by atoms with Crippen molar-refractivity contribution < 1.29 is 0 Å². The molecule has 1 nitrogen and oxygen atoms in total. The lowest BCUT2D eigenvalue weighted by Gasteiger charge is -2.39. The van der Waals surface area contributed by atoms with Crippen LogP contribution in [0, 0.1) is 0 Å². The van der Waals surface area contributed by atoms with E-state index in [0.717, 1.165) is 0 Å². The highest BCUT2D eigenvalue weighted by Gasteiger charge is 2.44. The number of aromatic nitrogens is 1. The van der Waals surface area contributed by atoms with Crippen LogP contribution in [0.3, 0.4) is 0 Å². The summed E-state index contributed by atoms with van der Waals surface area (Å²) in [5.74, 6) is 0. The van der Waals surface area contributed by atoms with E-state index in [0.29, 0.717) is 0 Å². The summed E-state index contributed by atoms with van der Waals surface area (Å²) in [6.07, 6.45) is 1.92. The summed E-state index contributed by atoms with van der Waals surface area (Å²) in [4.78, 5) is 4.71. The van der Waals surface area contributed by atoms with Crippen LogP contribution < -0.4 is 10.4 Å². The second-order valence-electron chi connectivity index (χ2n) is 7.00. The summed E-state index contributed by atoms with van der Waals surface area (Å²) >= 11 is 0. The Morgan fingerprint density at radius 2 is 1.36 bits per heavy atom. The smallest absolute Gasteiger partial charge is 0.0819 e. The Bertz CT molecular complexity index is 789. The minimum atomic E-state index is -1.64. The van der Waals surface area contributed by atoms with Crippen molar-refractivity contribution in [1.29, 1.82) is 0 Å². The Kier molecular flexibility index (Phi) is 3.79. The molecule has 0 spiro atoms. The van der Waals surface area contributed by atoms with Crippen LogP contribution >= 0.6 is 0 Å². The lowest BCUT2D eigenvalue weighted by atomic mass is 10.2. The second kappa shape index (κ2) is 5.48. The molecule has 0 bridgehead atoms. The molecule has 3 heteroatoms. The molecule has 0 saturated heterocycles. The number of nitrogens with zero attached hydrogens (tertiary/aromatic N) is 1. The number of fused-ring (bicyclic) bond motifs is 1. The predicted molar refractivity (Wildman–Crippen MR) is 102 cm³/mol. The topological polar surface area (TPSA) is 12.9 Å². The van der Waals surface area contributed by atoms with Crippen molar-refractivity contribution in [3.8, 4) is 0 Å². The van der Waals surface area contributed by atoms with Crippen molar-refractivity contribution in [2.75, 3.05) is 0 Å². The number of benzene rings is 2. The highest BCUT2D eigenvalue weighted by molar-refractivity contribution is 7.50. The van der Waals surface area contributed by atoms with E-state index >= 15 is 0 Å². The van der Waals surface area contributed by atoms with Gasteiger partial charge in [-0.3, -0.25) is 4.98 Å². The van der Waals surface area contributed by atoms with E-state index in [1.807, 2.05) is 12.3 Å². The third-order valence-electron chi connectivity index (χ3n) is 5.36. The van der Waals surface area contributed by atoms with E-state index in [1.54, 1.807) is 5.19 Å². The average molecular weight is 322 g/mol. The Morgan fingerprint density at radius 3 is 2.09 bits per heavy atom. The van der Waals surface area contributed by atoms with E-state index in [9.17, 15) is 0 Å². The van der Waals surface area contributed by atoms with E-state index in [1.165, 1.54) is 16.1 Å². The summed E-state index contributed by atoms with van der Waals surface area (Å²) in [6, 6.07) is 22.0. The molecule has 0 aliphatic rings. The van der Waals surface area contributed by atoms with E-state index in [4.69, 9.17) is 4.98 Å². The van der Waals surface area contributed by atoms with E-state index < -0.39 is 15.2 Å². The van der Waals surface area contributed by atoms with Crippen molar-refractivity contribution in [2.24, 2.45) is 0 Å². The summed E-state index contributed by atoms with van der Waals surface area (Å²) in [5, 5.41) is 4.32. The van der Waals surface area contributed by atoms with E-state index in [2.05, 4.69) is 80.8 Å². The molecule has 112 valence electrons. The van der Waals surface area contributed by atoms with Gasteiger partial charge < -0.3 is 0 Å².